The van der Waals surface area contributed by atoms with Gasteiger partial charge < -0.3 is 4.90 Å². The van der Waals surface area contributed by atoms with Gasteiger partial charge >= 0.3 is 0 Å². The van der Waals surface area contributed by atoms with Crippen LogP contribution in [0.1, 0.15) is 71.9 Å². The summed E-state index contributed by atoms with van der Waals surface area (Å²) >= 11 is 0. The Bertz CT molecular complexity index is 2620. The molecule has 0 radical (unpaired) electrons. The Morgan fingerprint density at radius 3 is 2.00 bits per heavy atom. The molecule has 1 unspecified atom stereocenters. The lowest BCUT2D eigenvalue weighted by Gasteiger charge is -2.37. The summed E-state index contributed by atoms with van der Waals surface area (Å²) in [4.78, 5) is 14.7. The van der Waals surface area contributed by atoms with Gasteiger partial charge in [0.05, 0.1) is 18.1 Å². The number of allylic oxidation sites excluding steroid dienone is 4. The minimum Gasteiger partial charge on any atom is -0.344 e. The Morgan fingerprint density at radius 1 is 0.683 bits per heavy atom. The van der Waals surface area contributed by atoms with Crippen molar-refractivity contribution < 1.29 is 0 Å². The first kappa shape index (κ1) is 41.6. The number of para-hydroxylation sites is 2. The van der Waals surface area contributed by atoms with Crippen LogP contribution in [0.3, 0.4) is 0 Å². The molecule has 60 heavy (non-hydrogen) atoms. The fourth-order valence-corrected chi connectivity index (χ4v) is 8.96. The normalized spacial score (nSPS) is 15.8. The maximum Gasteiger partial charge on any atom is 0.156 e. The molecule has 2 aliphatic rings. The predicted molar refractivity (Wildman–Crippen MR) is 258 cm³/mol. The van der Waals surface area contributed by atoms with Gasteiger partial charge in [0.15, 0.2) is 5.82 Å². The summed E-state index contributed by atoms with van der Waals surface area (Å²) in [5.41, 5.74) is 12.8. The highest BCUT2D eigenvalue weighted by atomic mass is 15.2. The highest BCUT2D eigenvalue weighted by Gasteiger charge is 2.49. The van der Waals surface area contributed by atoms with Crippen LogP contribution in [0.4, 0.5) is 22.9 Å². The summed E-state index contributed by atoms with van der Waals surface area (Å²) in [7, 11) is 2.13. The van der Waals surface area contributed by atoms with E-state index >= 15 is 0 Å². The smallest absolute Gasteiger partial charge is 0.156 e. The van der Waals surface area contributed by atoms with Gasteiger partial charge in [-0.1, -0.05) is 169 Å². The Morgan fingerprint density at radius 2 is 1.33 bits per heavy atom. The van der Waals surface area contributed by atoms with Crippen LogP contribution in [0.15, 0.2) is 194 Å². The van der Waals surface area contributed by atoms with Crippen LogP contribution < -0.4 is 9.80 Å². The van der Waals surface area contributed by atoms with Gasteiger partial charge in [-0.2, -0.15) is 0 Å². The second-order valence-corrected chi connectivity index (χ2v) is 16.1. The van der Waals surface area contributed by atoms with Gasteiger partial charge in [0.1, 0.15) is 0 Å². The van der Waals surface area contributed by atoms with Crippen molar-refractivity contribution in [3.05, 3.63) is 205 Å². The zero-order valence-corrected chi connectivity index (χ0v) is 36.4. The number of hydrogen-bond donors (Lipinski definition) is 0. The fraction of sp³-hybridized carbons (Fsp3) is 0.214. The molecule has 0 aliphatic heterocycles. The van der Waals surface area contributed by atoms with Crippen LogP contribution >= 0.6 is 0 Å². The van der Waals surface area contributed by atoms with Crippen molar-refractivity contribution in [3.8, 4) is 22.4 Å². The average molecular weight is 787 g/mol. The molecule has 0 N–H and O–H groups in total. The van der Waals surface area contributed by atoms with Crippen molar-refractivity contribution in [2.45, 2.75) is 71.6 Å². The maximum absolute atomic E-state index is 5.13. The molecule has 4 heteroatoms. The lowest BCUT2D eigenvalue weighted by atomic mass is 9.70. The Kier molecular flexibility index (Phi) is 12.6. The van der Waals surface area contributed by atoms with Crippen molar-refractivity contribution in [2.75, 3.05) is 16.8 Å². The first-order valence-electron chi connectivity index (χ1n) is 21.5. The molecule has 1 heterocycles. The van der Waals surface area contributed by atoms with Crippen molar-refractivity contribution >= 4 is 33.7 Å². The highest BCUT2D eigenvalue weighted by Crippen LogP contribution is 2.57. The van der Waals surface area contributed by atoms with E-state index in [-0.39, 0.29) is 10.8 Å². The standard InChI is InChI=1S/C49H42N4.C5H10.C2H6/c1-48(2)42-24-13-14-25-43(42)49(3)29-28-38(31-46(48)49)53(37-20-9-6-10-21-37)47-33-50-44(32-51-47)35-26-27-45(52(4)36-18-7-5-8-19-36)41(30-35)40-23-15-17-34-16-11-12-22-39(34)40;1-3-5-4-2;1-2/h5-28,30-33H,29H2,1-4H3;3H,1,4-5H2,2H3;1-2H3. The molecule has 0 bridgehead atoms. The highest BCUT2D eigenvalue weighted by molar-refractivity contribution is 6.01. The fourth-order valence-electron chi connectivity index (χ4n) is 8.96. The molecule has 0 saturated carbocycles. The SMILES string of the molecule is C=CCCC.CC.CN(c1ccccc1)c1ccc(-c2cnc(N(C3=CCC4(C)C(=C3)C(C)(C)c3ccccc34)c3ccccc3)cn2)cc1-c1cccc2ccccc12. The Hall–Kier alpha value is -6.52. The van der Waals surface area contributed by atoms with Gasteiger partial charge in [-0.05, 0) is 88.4 Å². The van der Waals surface area contributed by atoms with Gasteiger partial charge in [-0.25, -0.2) is 4.98 Å². The number of anilines is 4. The topological polar surface area (TPSA) is 32.3 Å². The number of nitrogens with zero attached hydrogens (tertiary/aromatic N) is 4. The first-order chi connectivity index (χ1) is 29.2. The summed E-state index contributed by atoms with van der Waals surface area (Å²) in [6, 6.07) is 51.8. The molecule has 0 amide bonds. The van der Waals surface area contributed by atoms with Crippen LogP contribution in [-0.4, -0.2) is 17.0 Å². The van der Waals surface area contributed by atoms with Crippen LogP contribution in [0, 0.1) is 0 Å². The quantitative estimate of drug-likeness (QED) is 0.136. The van der Waals surface area contributed by atoms with E-state index in [1.165, 1.54) is 39.5 Å². The van der Waals surface area contributed by atoms with Crippen LogP contribution in [0.25, 0.3) is 33.2 Å². The van der Waals surface area contributed by atoms with E-state index in [2.05, 4.69) is 209 Å². The first-order valence-corrected chi connectivity index (χ1v) is 21.5. The van der Waals surface area contributed by atoms with Gasteiger partial charge in [-0.15, -0.1) is 6.58 Å². The van der Waals surface area contributed by atoms with Gasteiger partial charge in [0.2, 0.25) is 0 Å². The molecule has 0 spiro atoms. The van der Waals surface area contributed by atoms with E-state index in [4.69, 9.17) is 9.97 Å². The van der Waals surface area contributed by atoms with E-state index in [1.54, 1.807) is 0 Å². The number of benzene rings is 6. The molecule has 1 aromatic heterocycles. The summed E-state index contributed by atoms with van der Waals surface area (Å²) < 4.78 is 0. The molecular weight excluding hydrogens is 729 g/mol. The molecule has 302 valence electrons. The lowest BCUT2D eigenvalue weighted by molar-refractivity contribution is 0.508. The van der Waals surface area contributed by atoms with Crippen molar-refractivity contribution in [3.63, 3.8) is 0 Å². The van der Waals surface area contributed by atoms with E-state index in [0.29, 0.717) is 0 Å². The largest absolute Gasteiger partial charge is 0.344 e. The molecule has 2 aliphatic carbocycles. The zero-order chi connectivity index (χ0) is 42.3. The second kappa shape index (κ2) is 18.2. The maximum atomic E-state index is 5.13. The molecular formula is C56H58N4. The number of rotatable bonds is 9. The molecule has 7 aromatic rings. The number of unbranched alkanes of at least 4 members (excludes halogenated alkanes) is 1. The predicted octanol–water partition coefficient (Wildman–Crippen LogP) is 15.3. The second-order valence-electron chi connectivity index (χ2n) is 16.1. The van der Waals surface area contributed by atoms with E-state index < -0.39 is 0 Å². The summed E-state index contributed by atoms with van der Waals surface area (Å²) in [6.45, 7) is 16.8. The van der Waals surface area contributed by atoms with Crippen molar-refractivity contribution in [1.29, 1.82) is 0 Å². The molecule has 1 atom stereocenters. The van der Waals surface area contributed by atoms with Crippen LogP contribution in [0.5, 0.6) is 0 Å². The third-order valence-corrected chi connectivity index (χ3v) is 12.0. The minimum absolute atomic E-state index is 0.0377. The third-order valence-electron chi connectivity index (χ3n) is 12.0. The summed E-state index contributed by atoms with van der Waals surface area (Å²) in [5.74, 6) is 0.787. The summed E-state index contributed by atoms with van der Waals surface area (Å²) in [6.07, 6.45) is 13.9. The van der Waals surface area contributed by atoms with Crippen molar-refractivity contribution in [2.24, 2.45) is 0 Å². The number of aromatic nitrogens is 2. The lowest BCUT2D eigenvalue weighted by Crippen LogP contribution is -2.30. The van der Waals surface area contributed by atoms with Crippen LogP contribution in [0.2, 0.25) is 0 Å². The summed E-state index contributed by atoms with van der Waals surface area (Å²) in [5, 5.41) is 2.43. The molecule has 0 saturated heterocycles. The molecule has 9 rings (SSSR count). The third kappa shape index (κ3) is 7.95. The van der Waals surface area contributed by atoms with Gasteiger partial charge in [0.25, 0.3) is 0 Å². The monoisotopic (exact) mass is 786 g/mol. The van der Waals surface area contributed by atoms with Gasteiger partial charge in [-0.3, -0.25) is 9.88 Å². The van der Waals surface area contributed by atoms with E-state index in [9.17, 15) is 0 Å². The Labute approximate surface area is 358 Å². The number of fused-ring (bicyclic) bond motifs is 4. The Balaban J connectivity index is 0.000000726. The van der Waals surface area contributed by atoms with Gasteiger partial charge in [0, 0.05) is 51.8 Å². The average Bonchev–Trinajstić information content (AvgIpc) is 3.49. The van der Waals surface area contributed by atoms with Crippen LogP contribution in [-0.2, 0) is 10.8 Å². The number of hydrogen-bond acceptors (Lipinski definition) is 4. The zero-order valence-electron chi connectivity index (χ0n) is 36.4. The molecule has 0 fully saturated rings. The minimum atomic E-state index is -0.0781. The molecule has 6 aromatic carbocycles. The molecule has 4 nitrogen and oxygen atoms in total. The van der Waals surface area contributed by atoms with Crippen molar-refractivity contribution in [1.82, 2.24) is 9.97 Å². The van der Waals surface area contributed by atoms with E-state index in [1.807, 2.05) is 32.3 Å². The van der Waals surface area contributed by atoms with E-state index in [0.717, 1.165) is 58.2 Å².